The molecule has 16 heavy (non-hydrogen) atoms. The quantitative estimate of drug-likeness (QED) is 0.827. The number of hydrogen-bond acceptors (Lipinski definition) is 1. The minimum absolute atomic E-state index is 0.384. The van der Waals surface area contributed by atoms with Crippen molar-refractivity contribution in [2.45, 2.75) is 19.4 Å². The Kier molecular flexibility index (Phi) is 3.37. The average Bonchev–Trinajstić information content (AvgIpc) is 2.31. The summed E-state index contributed by atoms with van der Waals surface area (Å²) in [7, 11) is 0. The summed E-state index contributed by atoms with van der Waals surface area (Å²) in [6, 6.07) is 18.5. The molecule has 2 aromatic carbocycles. The lowest BCUT2D eigenvalue weighted by Crippen LogP contribution is -1.92. The van der Waals surface area contributed by atoms with E-state index in [1.807, 2.05) is 18.2 Å². The molecule has 0 amide bonds. The Morgan fingerprint density at radius 2 is 1.44 bits per heavy atom. The van der Waals surface area contributed by atoms with Crippen molar-refractivity contribution in [2.75, 3.05) is 0 Å². The average molecular weight is 212 g/mol. The van der Waals surface area contributed by atoms with Crippen molar-refractivity contribution in [3.63, 3.8) is 0 Å². The molecule has 1 nitrogen and oxygen atoms in total. The molecule has 82 valence electrons. The number of hydrogen-bond donors (Lipinski definition) is 1. The number of rotatable bonds is 3. The fourth-order valence-corrected chi connectivity index (χ4v) is 1.75. The molecule has 0 unspecified atom stereocenters. The normalized spacial score (nSPS) is 12.4. The third kappa shape index (κ3) is 2.71. The van der Waals surface area contributed by atoms with Crippen LogP contribution in [0.2, 0.25) is 0 Å². The number of benzene rings is 2. The van der Waals surface area contributed by atoms with E-state index in [0.717, 1.165) is 12.0 Å². The smallest absolute Gasteiger partial charge is 0.0761 e. The zero-order valence-electron chi connectivity index (χ0n) is 9.43. The first-order chi connectivity index (χ1) is 7.75. The van der Waals surface area contributed by atoms with Crippen LogP contribution in [0.3, 0.4) is 0 Å². The monoisotopic (exact) mass is 212 g/mol. The van der Waals surface area contributed by atoms with Gasteiger partial charge in [-0.3, -0.25) is 0 Å². The van der Waals surface area contributed by atoms with Gasteiger partial charge in [0.1, 0.15) is 0 Å². The van der Waals surface area contributed by atoms with Crippen molar-refractivity contribution >= 4 is 0 Å². The molecule has 1 heteroatoms. The highest BCUT2D eigenvalue weighted by molar-refractivity contribution is 5.29. The van der Waals surface area contributed by atoms with E-state index < -0.39 is 0 Å². The SMILES string of the molecule is C[C@H](O)c1ccc(Cc2ccccc2)cc1. The zero-order valence-corrected chi connectivity index (χ0v) is 9.43. The highest BCUT2D eigenvalue weighted by Crippen LogP contribution is 2.15. The molecule has 2 aromatic rings. The molecule has 1 atom stereocenters. The van der Waals surface area contributed by atoms with E-state index in [1.165, 1.54) is 11.1 Å². The zero-order chi connectivity index (χ0) is 11.4. The largest absolute Gasteiger partial charge is 0.389 e. The fraction of sp³-hybridized carbons (Fsp3) is 0.200. The molecule has 0 aliphatic carbocycles. The van der Waals surface area contributed by atoms with Crippen molar-refractivity contribution in [2.24, 2.45) is 0 Å². The van der Waals surface area contributed by atoms with E-state index in [9.17, 15) is 5.11 Å². The second-order valence-corrected chi connectivity index (χ2v) is 4.08. The van der Waals surface area contributed by atoms with Gasteiger partial charge >= 0.3 is 0 Å². The van der Waals surface area contributed by atoms with E-state index in [-0.39, 0.29) is 6.10 Å². The van der Waals surface area contributed by atoms with Gasteiger partial charge in [0.15, 0.2) is 0 Å². The maximum atomic E-state index is 9.40. The van der Waals surface area contributed by atoms with Gasteiger partial charge in [-0.2, -0.15) is 0 Å². The lowest BCUT2D eigenvalue weighted by atomic mass is 10.0. The van der Waals surface area contributed by atoms with Crippen molar-refractivity contribution in [1.29, 1.82) is 0 Å². The van der Waals surface area contributed by atoms with Crippen LogP contribution >= 0.6 is 0 Å². The van der Waals surface area contributed by atoms with Crippen LogP contribution in [0.4, 0.5) is 0 Å². The van der Waals surface area contributed by atoms with Gasteiger partial charge < -0.3 is 5.11 Å². The van der Waals surface area contributed by atoms with Crippen LogP contribution in [-0.2, 0) is 6.42 Å². The van der Waals surface area contributed by atoms with Crippen molar-refractivity contribution in [3.05, 3.63) is 71.3 Å². The van der Waals surface area contributed by atoms with E-state index in [1.54, 1.807) is 6.92 Å². The minimum atomic E-state index is -0.384. The van der Waals surface area contributed by atoms with Crippen molar-refractivity contribution in [1.82, 2.24) is 0 Å². The Bertz CT molecular complexity index is 429. The third-order valence-electron chi connectivity index (χ3n) is 2.71. The lowest BCUT2D eigenvalue weighted by molar-refractivity contribution is 0.199. The Hall–Kier alpha value is -1.60. The Morgan fingerprint density at radius 1 is 0.875 bits per heavy atom. The molecule has 0 spiro atoms. The van der Waals surface area contributed by atoms with E-state index in [2.05, 4.69) is 36.4 Å². The molecule has 0 fully saturated rings. The van der Waals surface area contributed by atoms with Crippen molar-refractivity contribution in [3.8, 4) is 0 Å². The maximum Gasteiger partial charge on any atom is 0.0761 e. The summed E-state index contributed by atoms with van der Waals surface area (Å²) in [4.78, 5) is 0. The van der Waals surface area contributed by atoms with Gasteiger partial charge in [0, 0.05) is 0 Å². The van der Waals surface area contributed by atoms with Crippen molar-refractivity contribution < 1.29 is 5.11 Å². The molecule has 2 rings (SSSR count). The van der Waals surface area contributed by atoms with Crippen LogP contribution in [0.5, 0.6) is 0 Å². The van der Waals surface area contributed by atoms with Crippen LogP contribution in [0.25, 0.3) is 0 Å². The molecule has 0 heterocycles. The van der Waals surface area contributed by atoms with Crippen LogP contribution in [0, 0.1) is 0 Å². The molecular formula is C15H16O. The maximum absolute atomic E-state index is 9.40. The third-order valence-corrected chi connectivity index (χ3v) is 2.71. The highest BCUT2D eigenvalue weighted by atomic mass is 16.3. The summed E-state index contributed by atoms with van der Waals surface area (Å²) in [6.45, 7) is 1.78. The van der Waals surface area contributed by atoms with Gasteiger partial charge in [-0.1, -0.05) is 54.6 Å². The summed E-state index contributed by atoms with van der Waals surface area (Å²) in [5.41, 5.74) is 3.56. The summed E-state index contributed by atoms with van der Waals surface area (Å²) in [5.74, 6) is 0. The summed E-state index contributed by atoms with van der Waals surface area (Å²) in [6.07, 6.45) is 0.562. The van der Waals surface area contributed by atoms with Gasteiger partial charge in [-0.05, 0) is 30.0 Å². The standard InChI is InChI=1S/C15H16O/c1-12(16)15-9-7-14(8-10-15)11-13-5-3-2-4-6-13/h2-10,12,16H,11H2,1H3/t12-/m0/s1. The Morgan fingerprint density at radius 3 is 2.00 bits per heavy atom. The fourth-order valence-electron chi connectivity index (χ4n) is 1.75. The van der Waals surface area contributed by atoms with Crippen LogP contribution < -0.4 is 0 Å². The Balaban J connectivity index is 2.11. The first-order valence-electron chi connectivity index (χ1n) is 5.56. The number of aliphatic hydroxyl groups excluding tert-OH is 1. The number of aliphatic hydroxyl groups is 1. The second-order valence-electron chi connectivity index (χ2n) is 4.08. The van der Waals surface area contributed by atoms with Crippen LogP contribution in [-0.4, -0.2) is 5.11 Å². The van der Waals surface area contributed by atoms with Gasteiger partial charge in [-0.15, -0.1) is 0 Å². The molecule has 0 saturated heterocycles. The molecule has 0 aliphatic rings. The lowest BCUT2D eigenvalue weighted by Gasteiger charge is -2.06. The van der Waals surface area contributed by atoms with E-state index in [0.29, 0.717) is 0 Å². The molecule has 0 aliphatic heterocycles. The highest BCUT2D eigenvalue weighted by Gasteiger charge is 2.00. The topological polar surface area (TPSA) is 20.2 Å². The van der Waals surface area contributed by atoms with Crippen LogP contribution in [0.15, 0.2) is 54.6 Å². The van der Waals surface area contributed by atoms with E-state index >= 15 is 0 Å². The summed E-state index contributed by atoms with van der Waals surface area (Å²) >= 11 is 0. The molecular weight excluding hydrogens is 196 g/mol. The summed E-state index contributed by atoms with van der Waals surface area (Å²) < 4.78 is 0. The molecule has 0 saturated carbocycles. The first kappa shape index (κ1) is 10.9. The molecule has 1 N–H and O–H groups in total. The van der Waals surface area contributed by atoms with Gasteiger partial charge in [0.2, 0.25) is 0 Å². The minimum Gasteiger partial charge on any atom is -0.389 e. The van der Waals surface area contributed by atoms with Gasteiger partial charge in [0.05, 0.1) is 6.10 Å². The molecule has 0 bridgehead atoms. The summed E-state index contributed by atoms with van der Waals surface area (Å²) in [5, 5.41) is 9.40. The molecule has 0 aromatic heterocycles. The second kappa shape index (κ2) is 4.95. The molecule has 0 radical (unpaired) electrons. The predicted octanol–water partition coefficient (Wildman–Crippen LogP) is 3.33. The Labute approximate surface area is 96.4 Å². The van der Waals surface area contributed by atoms with Gasteiger partial charge in [-0.25, -0.2) is 0 Å². The van der Waals surface area contributed by atoms with E-state index in [4.69, 9.17) is 0 Å². The predicted molar refractivity (Wildman–Crippen MR) is 66.3 cm³/mol. The van der Waals surface area contributed by atoms with Crippen LogP contribution in [0.1, 0.15) is 29.7 Å². The first-order valence-corrected chi connectivity index (χ1v) is 5.56. The van der Waals surface area contributed by atoms with Gasteiger partial charge in [0.25, 0.3) is 0 Å².